The molecule has 1 aliphatic heterocycles. The third-order valence-corrected chi connectivity index (χ3v) is 4.00. The number of ether oxygens (including phenoxy) is 1. The zero-order chi connectivity index (χ0) is 19.1. The number of carboxylic acid groups (broad SMARTS) is 1. The van der Waals surface area contributed by atoms with Crippen LogP contribution in [0.1, 0.15) is 23.2 Å². The maximum absolute atomic E-state index is 12.3. The van der Waals surface area contributed by atoms with Crippen LogP contribution in [-0.2, 0) is 9.53 Å². The zero-order valence-corrected chi connectivity index (χ0v) is 14.2. The molecule has 2 N–H and O–H groups in total. The second-order valence-electron chi connectivity index (χ2n) is 5.85. The quantitative estimate of drug-likeness (QED) is 0.295. The predicted molar refractivity (Wildman–Crippen MR) is 94.4 cm³/mol. The molecule has 1 atom stereocenters. The molecule has 1 unspecified atom stereocenters. The minimum absolute atomic E-state index is 0.0228. The molecular weight excluding hydrogens is 342 g/mol. The van der Waals surface area contributed by atoms with E-state index in [1.807, 2.05) is 4.90 Å². The molecule has 9 heteroatoms. The number of nitro groups is 1. The van der Waals surface area contributed by atoms with Crippen molar-refractivity contribution in [2.75, 3.05) is 31.2 Å². The highest BCUT2D eigenvalue weighted by Gasteiger charge is 2.26. The third-order valence-electron chi connectivity index (χ3n) is 4.00. The fourth-order valence-electron chi connectivity index (χ4n) is 2.72. The van der Waals surface area contributed by atoms with Gasteiger partial charge in [0.1, 0.15) is 5.69 Å². The second kappa shape index (κ2) is 8.95. The number of benzene rings is 1. The van der Waals surface area contributed by atoms with Crippen molar-refractivity contribution >= 4 is 23.3 Å². The molecule has 0 radical (unpaired) electrons. The van der Waals surface area contributed by atoms with E-state index in [1.54, 1.807) is 0 Å². The largest absolute Gasteiger partial charge is 0.480 e. The highest BCUT2D eigenvalue weighted by Crippen LogP contribution is 2.31. The first-order valence-electron chi connectivity index (χ1n) is 8.19. The molecule has 26 heavy (non-hydrogen) atoms. The minimum atomic E-state index is -1.26. The van der Waals surface area contributed by atoms with Crippen molar-refractivity contribution in [3.05, 3.63) is 46.5 Å². The minimum Gasteiger partial charge on any atom is -0.480 e. The lowest BCUT2D eigenvalue weighted by Gasteiger charge is -2.18. The maximum atomic E-state index is 12.3. The fourth-order valence-corrected chi connectivity index (χ4v) is 2.72. The molecule has 0 saturated carbocycles. The van der Waals surface area contributed by atoms with Crippen LogP contribution >= 0.6 is 0 Å². The zero-order valence-electron chi connectivity index (χ0n) is 14.2. The number of amides is 1. The summed E-state index contributed by atoms with van der Waals surface area (Å²) in [5.74, 6) is -1.97. The van der Waals surface area contributed by atoms with Gasteiger partial charge in [-0.25, -0.2) is 4.79 Å². The first-order valence-corrected chi connectivity index (χ1v) is 8.19. The molecule has 0 bridgehead atoms. The SMILES string of the molecule is C=CCOCC(NC(=O)c1ccc(N2CCCC2)c([N+](=O)[O-])c1)C(=O)O. The summed E-state index contributed by atoms with van der Waals surface area (Å²) in [6.45, 7) is 4.82. The van der Waals surface area contributed by atoms with Crippen LogP contribution in [0.2, 0.25) is 0 Å². The van der Waals surface area contributed by atoms with E-state index >= 15 is 0 Å². The predicted octanol–water partition coefficient (Wildman–Crippen LogP) is 1.58. The molecule has 2 rings (SSSR count). The van der Waals surface area contributed by atoms with Gasteiger partial charge in [0.25, 0.3) is 11.6 Å². The highest BCUT2D eigenvalue weighted by molar-refractivity contribution is 5.98. The number of hydrogen-bond acceptors (Lipinski definition) is 6. The molecule has 1 aromatic carbocycles. The average molecular weight is 363 g/mol. The van der Waals surface area contributed by atoms with Crippen molar-refractivity contribution in [2.24, 2.45) is 0 Å². The van der Waals surface area contributed by atoms with Gasteiger partial charge in [0.05, 0.1) is 18.1 Å². The first-order chi connectivity index (χ1) is 12.4. The van der Waals surface area contributed by atoms with Crippen LogP contribution in [0, 0.1) is 10.1 Å². The summed E-state index contributed by atoms with van der Waals surface area (Å²) in [7, 11) is 0. The second-order valence-corrected chi connectivity index (χ2v) is 5.85. The summed E-state index contributed by atoms with van der Waals surface area (Å²) in [5, 5.41) is 22.9. The Labute approximate surface area is 150 Å². The molecule has 1 saturated heterocycles. The molecule has 1 fully saturated rings. The van der Waals surface area contributed by atoms with Gasteiger partial charge in [-0.05, 0) is 25.0 Å². The number of carbonyl (C=O) groups is 2. The van der Waals surface area contributed by atoms with Crippen molar-refractivity contribution < 1.29 is 24.4 Å². The lowest BCUT2D eigenvalue weighted by atomic mass is 10.1. The summed E-state index contributed by atoms with van der Waals surface area (Å²) >= 11 is 0. The lowest BCUT2D eigenvalue weighted by molar-refractivity contribution is -0.384. The number of anilines is 1. The Morgan fingerprint density at radius 1 is 1.42 bits per heavy atom. The van der Waals surface area contributed by atoms with Gasteiger partial charge in [0, 0.05) is 24.7 Å². The molecule has 1 amide bonds. The summed E-state index contributed by atoms with van der Waals surface area (Å²) in [6.07, 6.45) is 3.38. The Bertz CT molecular complexity index is 700. The van der Waals surface area contributed by atoms with Gasteiger partial charge in [-0.2, -0.15) is 0 Å². The van der Waals surface area contributed by atoms with Gasteiger partial charge in [-0.15, -0.1) is 6.58 Å². The standard InChI is InChI=1S/C17H21N3O6/c1-2-9-26-11-13(17(22)23)18-16(21)12-5-6-14(15(10-12)20(24)25)19-7-3-4-8-19/h2,5-6,10,13H,1,3-4,7-9,11H2,(H,18,21)(H,22,23). The monoisotopic (exact) mass is 363 g/mol. The molecule has 1 aromatic rings. The van der Waals surface area contributed by atoms with Crippen LogP contribution in [0.15, 0.2) is 30.9 Å². The van der Waals surface area contributed by atoms with Gasteiger partial charge in [-0.1, -0.05) is 6.08 Å². The maximum Gasteiger partial charge on any atom is 0.328 e. The molecule has 0 aromatic heterocycles. The molecule has 1 aliphatic rings. The van der Waals surface area contributed by atoms with Crippen LogP contribution in [0.5, 0.6) is 0 Å². The summed E-state index contributed by atoms with van der Waals surface area (Å²) in [6, 6.07) is 2.90. The molecule has 0 spiro atoms. The highest BCUT2D eigenvalue weighted by atomic mass is 16.6. The number of carboxylic acids is 1. The third kappa shape index (κ3) is 4.79. The van der Waals surface area contributed by atoms with Crippen LogP contribution < -0.4 is 10.2 Å². The number of nitro benzene ring substituents is 1. The van der Waals surface area contributed by atoms with Gasteiger partial charge in [0.15, 0.2) is 6.04 Å². The van der Waals surface area contributed by atoms with Gasteiger partial charge in [0.2, 0.25) is 0 Å². The van der Waals surface area contributed by atoms with E-state index in [0.29, 0.717) is 5.69 Å². The Balaban J connectivity index is 2.17. The van der Waals surface area contributed by atoms with E-state index in [0.717, 1.165) is 25.9 Å². The Morgan fingerprint density at radius 2 is 2.12 bits per heavy atom. The van der Waals surface area contributed by atoms with Crippen molar-refractivity contribution in [3.8, 4) is 0 Å². The van der Waals surface area contributed by atoms with Crippen LogP contribution in [0.4, 0.5) is 11.4 Å². The van der Waals surface area contributed by atoms with E-state index in [2.05, 4.69) is 11.9 Å². The average Bonchev–Trinajstić information content (AvgIpc) is 3.14. The van der Waals surface area contributed by atoms with Crippen LogP contribution in [0.3, 0.4) is 0 Å². The summed E-state index contributed by atoms with van der Waals surface area (Å²) in [4.78, 5) is 36.3. The normalized spacial score (nSPS) is 14.7. The van der Waals surface area contributed by atoms with Crippen molar-refractivity contribution in [1.82, 2.24) is 5.32 Å². The topological polar surface area (TPSA) is 122 Å². The fraction of sp³-hybridized carbons (Fsp3) is 0.412. The Morgan fingerprint density at radius 3 is 2.69 bits per heavy atom. The first kappa shape index (κ1) is 19.4. The van der Waals surface area contributed by atoms with E-state index in [1.165, 1.54) is 24.3 Å². The van der Waals surface area contributed by atoms with Gasteiger partial charge in [-0.3, -0.25) is 14.9 Å². The number of aliphatic carboxylic acids is 1. The smallest absolute Gasteiger partial charge is 0.328 e. The van der Waals surface area contributed by atoms with Crippen LogP contribution in [-0.4, -0.2) is 54.3 Å². The molecule has 0 aliphatic carbocycles. The number of rotatable bonds is 9. The Hall–Kier alpha value is -2.94. The van der Waals surface area contributed by atoms with Crippen molar-refractivity contribution in [2.45, 2.75) is 18.9 Å². The van der Waals surface area contributed by atoms with E-state index in [-0.39, 0.29) is 24.5 Å². The number of hydrogen-bond donors (Lipinski definition) is 2. The van der Waals surface area contributed by atoms with E-state index in [4.69, 9.17) is 9.84 Å². The van der Waals surface area contributed by atoms with E-state index < -0.39 is 22.8 Å². The molecule has 9 nitrogen and oxygen atoms in total. The van der Waals surface area contributed by atoms with Crippen LogP contribution in [0.25, 0.3) is 0 Å². The summed E-state index contributed by atoms with van der Waals surface area (Å²) in [5.41, 5.74) is 0.317. The van der Waals surface area contributed by atoms with Gasteiger partial charge >= 0.3 is 5.97 Å². The number of carbonyl (C=O) groups excluding carboxylic acids is 1. The van der Waals surface area contributed by atoms with Gasteiger partial charge < -0.3 is 20.1 Å². The molecular formula is C17H21N3O6. The molecule has 140 valence electrons. The summed E-state index contributed by atoms with van der Waals surface area (Å²) < 4.78 is 5.06. The van der Waals surface area contributed by atoms with Crippen molar-refractivity contribution in [3.63, 3.8) is 0 Å². The Kier molecular flexibility index (Phi) is 6.67. The lowest BCUT2D eigenvalue weighted by Crippen LogP contribution is -2.44. The molecule has 1 heterocycles. The van der Waals surface area contributed by atoms with E-state index in [9.17, 15) is 19.7 Å². The number of nitrogens with zero attached hydrogens (tertiary/aromatic N) is 2. The number of nitrogens with one attached hydrogen (secondary N) is 1. The van der Waals surface area contributed by atoms with Crippen molar-refractivity contribution in [1.29, 1.82) is 0 Å².